The van der Waals surface area contributed by atoms with Crippen molar-refractivity contribution in [2.24, 2.45) is 0 Å². The predicted octanol–water partition coefficient (Wildman–Crippen LogP) is 2.22. The lowest BCUT2D eigenvalue weighted by Crippen LogP contribution is -2.20. The van der Waals surface area contributed by atoms with Crippen LogP contribution in [0.4, 0.5) is 0 Å². The fourth-order valence-electron chi connectivity index (χ4n) is 3.82. The van der Waals surface area contributed by atoms with Gasteiger partial charge < -0.3 is 4.98 Å². The third-order valence-electron chi connectivity index (χ3n) is 5.18. The molecule has 2 saturated heterocycles. The van der Waals surface area contributed by atoms with Gasteiger partial charge >= 0.3 is 0 Å². The van der Waals surface area contributed by atoms with E-state index in [9.17, 15) is 0 Å². The Labute approximate surface area is 147 Å². The van der Waals surface area contributed by atoms with Crippen LogP contribution in [-0.2, 0) is 0 Å². The molecule has 2 aliphatic heterocycles. The molecular weight excluding hydrogens is 310 g/mol. The smallest absolute Gasteiger partial charge is 0.0837 e. The Hall–Kier alpha value is -2.18. The number of aromatic amines is 1. The van der Waals surface area contributed by atoms with Gasteiger partial charge in [-0.3, -0.25) is 21.3 Å². The normalized spacial score (nSPS) is 19.2. The molecule has 0 aliphatic carbocycles. The molecule has 0 bridgehead atoms. The van der Waals surface area contributed by atoms with Crippen LogP contribution < -0.4 is 21.3 Å². The van der Waals surface area contributed by atoms with E-state index in [0.717, 1.165) is 26.2 Å². The maximum absolute atomic E-state index is 3.58. The number of fused-ring (bicyclic) bond motifs is 1. The van der Waals surface area contributed by atoms with E-state index in [1.165, 1.54) is 33.3 Å². The summed E-state index contributed by atoms with van der Waals surface area (Å²) in [6.45, 7) is 4.11. The topological polar surface area (TPSA) is 63.9 Å². The van der Waals surface area contributed by atoms with Crippen molar-refractivity contribution in [1.82, 2.24) is 26.3 Å². The summed E-state index contributed by atoms with van der Waals surface area (Å²) in [6, 6.07) is 17.7. The summed E-state index contributed by atoms with van der Waals surface area (Å²) in [5.41, 5.74) is 6.14. The molecule has 5 rings (SSSR count). The van der Waals surface area contributed by atoms with Crippen molar-refractivity contribution in [3.05, 3.63) is 59.7 Å². The summed E-state index contributed by atoms with van der Waals surface area (Å²) in [4.78, 5) is 3.58. The number of nitrogens with one attached hydrogen (secondary N) is 5. The third-order valence-corrected chi connectivity index (χ3v) is 5.18. The van der Waals surface area contributed by atoms with Crippen LogP contribution in [0, 0.1) is 0 Å². The van der Waals surface area contributed by atoms with Gasteiger partial charge in [0, 0.05) is 42.8 Å². The van der Waals surface area contributed by atoms with Crippen molar-refractivity contribution in [2.75, 3.05) is 26.2 Å². The lowest BCUT2D eigenvalue weighted by molar-refractivity contribution is 0.588. The Balaban J connectivity index is 1.43. The fourth-order valence-corrected chi connectivity index (χ4v) is 3.82. The second-order valence-electron chi connectivity index (χ2n) is 6.83. The number of benzene rings is 2. The zero-order valence-electron chi connectivity index (χ0n) is 14.1. The Bertz CT molecular complexity index is 871. The first-order valence-corrected chi connectivity index (χ1v) is 9.03. The van der Waals surface area contributed by atoms with Gasteiger partial charge in [-0.1, -0.05) is 36.4 Å². The summed E-state index contributed by atoms with van der Waals surface area (Å²) in [5.74, 6) is 0. The molecule has 0 atom stereocenters. The summed E-state index contributed by atoms with van der Waals surface area (Å²) < 4.78 is 0. The number of rotatable bonds is 3. The van der Waals surface area contributed by atoms with Gasteiger partial charge in [0.25, 0.3) is 0 Å². The van der Waals surface area contributed by atoms with Gasteiger partial charge in [-0.05, 0) is 28.8 Å². The summed E-state index contributed by atoms with van der Waals surface area (Å²) in [7, 11) is 0. The molecule has 25 heavy (non-hydrogen) atoms. The van der Waals surface area contributed by atoms with Gasteiger partial charge in [-0.15, -0.1) is 0 Å². The molecule has 0 amide bonds. The first kappa shape index (κ1) is 15.1. The second-order valence-corrected chi connectivity index (χ2v) is 6.83. The van der Waals surface area contributed by atoms with E-state index in [2.05, 4.69) is 74.8 Å². The molecule has 1 aromatic heterocycles. The van der Waals surface area contributed by atoms with E-state index in [4.69, 9.17) is 0 Å². The molecule has 3 aromatic rings. The lowest BCUT2D eigenvalue weighted by atomic mass is 10.1. The second kappa shape index (κ2) is 6.28. The minimum Gasteiger partial charge on any atom is -0.355 e. The van der Waals surface area contributed by atoms with Gasteiger partial charge in [0.05, 0.1) is 12.3 Å². The van der Waals surface area contributed by atoms with E-state index in [-0.39, 0.29) is 12.3 Å². The van der Waals surface area contributed by atoms with Crippen LogP contribution in [0.3, 0.4) is 0 Å². The van der Waals surface area contributed by atoms with Crippen LogP contribution in [0.2, 0.25) is 0 Å². The van der Waals surface area contributed by atoms with Gasteiger partial charge in [-0.25, -0.2) is 0 Å². The van der Waals surface area contributed by atoms with E-state index in [1.807, 2.05) is 0 Å². The van der Waals surface area contributed by atoms with Crippen molar-refractivity contribution in [3.8, 4) is 11.3 Å². The molecule has 0 radical (unpaired) electrons. The molecular formula is C20H23N5. The van der Waals surface area contributed by atoms with Crippen LogP contribution in [0.25, 0.3) is 22.2 Å². The Morgan fingerprint density at radius 1 is 0.640 bits per heavy atom. The predicted molar refractivity (Wildman–Crippen MR) is 101 cm³/mol. The summed E-state index contributed by atoms with van der Waals surface area (Å²) in [6.07, 6.45) is 0.549. The number of hydrogen-bond acceptors (Lipinski definition) is 4. The highest BCUT2D eigenvalue weighted by atomic mass is 15.2. The maximum Gasteiger partial charge on any atom is 0.0837 e. The molecule has 2 fully saturated rings. The average molecular weight is 333 g/mol. The van der Waals surface area contributed by atoms with Crippen molar-refractivity contribution in [2.45, 2.75) is 12.3 Å². The van der Waals surface area contributed by atoms with Gasteiger partial charge in [0.1, 0.15) is 0 Å². The van der Waals surface area contributed by atoms with Crippen LogP contribution in [-0.4, -0.2) is 31.2 Å². The summed E-state index contributed by atoms with van der Waals surface area (Å²) in [5, 5.41) is 15.1. The number of H-pyrrole nitrogens is 1. The van der Waals surface area contributed by atoms with Gasteiger partial charge in [-0.2, -0.15) is 0 Å². The Kier molecular flexibility index (Phi) is 3.79. The SMILES string of the molecule is c1cc(C2NCCN2)ccc1-c1cc2ccc(C3NCCN3)cc2[nH]1. The van der Waals surface area contributed by atoms with E-state index < -0.39 is 0 Å². The van der Waals surface area contributed by atoms with Crippen LogP contribution in [0.1, 0.15) is 23.5 Å². The monoisotopic (exact) mass is 333 g/mol. The standard InChI is InChI=1S/C20H23N5/c1-3-14(19-21-7-8-22-19)4-2-13(1)17-11-15-5-6-16(12-18(15)25-17)20-23-9-10-24-20/h1-6,11-12,19-25H,7-10H2. The Morgan fingerprint density at radius 3 is 1.92 bits per heavy atom. The summed E-state index contributed by atoms with van der Waals surface area (Å²) >= 11 is 0. The molecule has 3 heterocycles. The van der Waals surface area contributed by atoms with Crippen LogP contribution >= 0.6 is 0 Å². The van der Waals surface area contributed by atoms with Crippen molar-refractivity contribution in [3.63, 3.8) is 0 Å². The minimum absolute atomic E-state index is 0.266. The van der Waals surface area contributed by atoms with Crippen LogP contribution in [0.5, 0.6) is 0 Å². The van der Waals surface area contributed by atoms with Crippen molar-refractivity contribution >= 4 is 10.9 Å². The first-order valence-electron chi connectivity index (χ1n) is 9.03. The molecule has 2 aromatic carbocycles. The zero-order chi connectivity index (χ0) is 16.6. The maximum atomic E-state index is 3.58. The first-order chi connectivity index (χ1) is 12.4. The molecule has 2 aliphatic rings. The highest BCUT2D eigenvalue weighted by Crippen LogP contribution is 2.27. The molecule has 5 N–H and O–H groups in total. The highest BCUT2D eigenvalue weighted by molar-refractivity contribution is 5.86. The quantitative estimate of drug-likeness (QED) is 0.510. The number of hydrogen-bond donors (Lipinski definition) is 5. The average Bonchev–Trinajstić information content (AvgIpc) is 3.42. The van der Waals surface area contributed by atoms with E-state index in [0.29, 0.717) is 0 Å². The van der Waals surface area contributed by atoms with Crippen LogP contribution in [0.15, 0.2) is 48.5 Å². The third kappa shape index (κ3) is 2.85. The molecule has 5 heteroatoms. The molecule has 0 saturated carbocycles. The highest BCUT2D eigenvalue weighted by Gasteiger charge is 2.17. The zero-order valence-corrected chi connectivity index (χ0v) is 14.1. The Morgan fingerprint density at radius 2 is 1.24 bits per heavy atom. The number of aromatic nitrogens is 1. The molecule has 0 unspecified atom stereocenters. The lowest BCUT2D eigenvalue weighted by Gasteiger charge is -2.11. The van der Waals surface area contributed by atoms with Gasteiger partial charge in [0.2, 0.25) is 0 Å². The van der Waals surface area contributed by atoms with Crippen molar-refractivity contribution in [1.29, 1.82) is 0 Å². The van der Waals surface area contributed by atoms with E-state index in [1.54, 1.807) is 0 Å². The minimum atomic E-state index is 0.266. The molecule has 0 spiro atoms. The van der Waals surface area contributed by atoms with Gasteiger partial charge in [0.15, 0.2) is 0 Å². The molecule has 5 nitrogen and oxygen atoms in total. The van der Waals surface area contributed by atoms with Crippen molar-refractivity contribution < 1.29 is 0 Å². The molecule has 128 valence electrons. The fraction of sp³-hybridized carbons (Fsp3) is 0.300. The largest absolute Gasteiger partial charge is 0.355 e. The van der Waals surface area contributed by atoms with E-state index >= 15 is 0 Å².